The Morgan fingerprint density at radius 3 is 2.48 bits per heavy atom. The van der Waals surface area contributed by atoms with Gasteiger partial charge in [0.1, 0.15) is 6.10 Å². The second kappa shape index (κ2) is 11.7. The molecule has 0 aromatic rings. The Balaban J connectivity index is 0.00000300. The maximum atomic E-state index is 12.5. The van der Waals surface area contributed by atoms with Crippen molar-refractivity contribution in [1.29, 1.82) is 0 Å². The Morgan fingerprint density at radius 2 is 1.86 bits per heavy atom. The molecule has 9 heteroatoms. The average molecular weight is 523 g/mol. The van der Waals surface area contributed by atoms with Crippen LogP contribution in [0.25, 0.3) is 0 Å². The molecule has 3 rings (SSSR count). The zero-order valence-corrected chi connectivity index (χ0v) is 20.5. The Bertz CT molecular complexity index is 546. The van der Waals surface area contributed by atoms with Crippen molar-refractivity contribution < 1.29 is 14.3 Å². The lowest BCUT2D eigenvalue weighted by atomic mass is 10.0. The molecule has 29 heavy (non-hydrogen) atoms. The molecule has 8 nitrogen and oxygen atoms in total. The molecule has 0 bridgehead atoms. The second-order valence-electron chi connectivity index (χ2n) is 8.40. The topological polar surface area (TPSA) is 69.6 Å². The van der Waals surface area contributed by atoms with Crippen LogP contribution in [0.1, 0.15) is 33.6 Å². The maximum Gasteiger partial charge on any atom is 0.251 e. The van der Waals surface area contributed by atoms with E-state index in [-0.39, 0.29) is 41.5 Å². The van der Waals surface area contributed by atoms with E-state index in [1.165, 1.54) is 0 Å². The summed E-state index contributed by atoms with van der Waals surface area (Å²) in [5.41, 5.74) is 0.0699. The second-order valence-corrected chi connectivity index (χ2v) is 8.40. The smallest absolute Gasteiger partial charge is 0.251 e. The van der Waals surface area contributed by atoms with Crippen LogP contribution in [0, 0.1) is 0 Å². The minimum absolute atomic E-state index is 0. The van der Waals surface area contributed by atoms with E-state index in [0.29, 0.717) is 6.61 Å². The van der Waals surface area contributed by atoms with E-state index in [1.807, 2.05) is 4.90 Å². The highest BCUT2D eigenvalue weighted by atomic mass is 127. The van der Waals surface area contributed by atoms with Crippen LogP contribution >= 0.6 is 24.0 Å². The Labute approximate surface area is 192 Å². The van der Waals surface area contributed by atoms with Crippen molar-refractivity contribution in [2.75, 3.05) is 72.2 Å². The van der Waals surface area contributed by atoms with Crippen LogP contribution in [-0.2, 0) is 14.3 Å². The third kappa shape index (κ3) is 6.67. The molecule has 3 heterocycles. The lowest BCUT2D eigenvalue weighted by molar-refractivity contribution is -0.142. The summed E-state index contributed by atoms with van der Waals surface area (Å²) in [6.07, 6.45) is 1.64. The lowest BCUT2D eigenvalue weighted by Crippen LogP contribution is -2.55. The van der Waals surface area contributed by atoms with Crippen LogP contribution < -0.4 is 5.32 Å². The third-order valence-electron chi connectivity index (χ3n) is 5.88. The number of guanidine groups is 1. The zero-order valence-electron chi connectivity index (χ0n) is 18.2. The summed E-state index contributed by atoms with van der Waals surface area (Å²) in [4.78, 5) is 24.1. The summed E-state index contributed by atoms with van der Waals surface area (Å²) in [5, 5.41) is 3.41. The van der Waals surface area contributed by atoms with Gasteiger partial charge in [0.05, 0.1) is 19.8 Å². The number of nitrogens with one attached hydrogen (secondary N) is 1. The number of aliphatic imine (C=N–C) groups is 1. The van der Waals surface area contributed by atoms with E-state index in [2.05, 4.69) is 35.9 Å². The summed E-state index contributed by atoms with van der Waals surface area (Å²) in [7, 11) is 0. The molecule has 1 N–H and O–H groups in total. The van der Waals surface area contributed by atoms with Crippen LogP contribution in [0.5, 0.6) is 0 Å². The number of halogens is 1. The van der Waals surface area contributed by atoms with Gasteiger partial charge >= 0.3 is 0 Å². The molecule has 1 atom stereocenters. The summed E-state index contributed by atoms with van der Waals surface area (Å²) < 4.78 is 11.2. The molecule has 0 aliphatic carbocycles. The van der Waals surface area contributed by atoms with Crippen molar-refractivity contribution >= 4 is 35.8 Å². The number of amides is 1. The predicted octanol–water partition coefficient (Wildman–Crippen LogP) is 1.00. The Morgan fingerprint density at radius 1 is 1.14 bits per heavy atom. The number of piperazine rings is 1. The molecule has 168 valence electrons. The molecule has 0 radical (unpaired) electrons. The average Bonchev–Trinajstić information content (AvgIpc) is 3.23. The molecule has 3 fully saturated rings. The van der Waals surface area contributed by atoms with Crippen molar-refractivity contribution in [3.8, 4) is 0 Å². The van der Waals surface area contributed by atoms with E-state index < -0.39 is 0 Å². The Kier molecular flexibility index (Phi) is 9.90. The first-order chi connectivity index (χ1) is 13.5. The van der Waals surface area contributed by atoms with Crippen LogP contribution in [0.3, 0.4) is 0 Å². The number of ether oxygens (including phenoxy) is 2. The molecule has 3 aliphatic heterocycles. The summed E-state index contributed by atoms with van der Waals surface area (Å²) in [6.45, 7) is 15.4. The maximum absolute atomic E-state index is 12.5. The van der Waals surface area contributed by atoms with Gasteiger partial charge in [-0.15, -0.1) is 24.0 Å². The molecular weight excluding hydrogens is 485 g/mol. The van der Waals surface area contributed by atoms with Crippen molar-refractivity contribution in [2.45, 2.75) is 45.3 Å². The van der Waals surface area contributed by atoms with Crippen molar-refractivity contribution in [1.82, 2.24) is 20.0 Å². The van der Waals surface area contributed by atoms with Crippen LogP contribution in [-0.4, -0.2) is 110 Å². The molecule has 0 aromatic heterocycles. The number of carbonyl (C=O) groups is 1. The normalized spacial score (nSPS) is 25.6. The summed E-state index contributed by atoms with van der Waals surface area (Å²) in [5.74, 6) is 1.12. The van der Waals surface area contributed by atoms with Crippen LogP contribution in [0.2, 0.25) is 0 Å². The van der Waals surface area contributed by atoms with Gasteiger partial charge in [-0.05, 0) is 33.6 Å². The van der Waals surface area contributed by atoms with Gasteiger partial charge in [-0.2, -0.15) is 0 Å². The van der Waals surface area contributed by atoms with Crippen molar-refractivity contribution in [3.63, 3.8) is 0 Å². The quantitative estimate of drug-likeness (QED) is 0.330. The highest BCUT2D eigenvalue weighted by Gasteiger charge is 2.32. The number of hydrogen-bond donors (Lipinski definition) is 1. The fourth-order valence-electron chi connectivity index (χ4n) is 4.12. The largest absolute Gasteiger partial charge is 0.378 e. The fraction of sp³-hybridized carbons (Fsp3) is 0.900. The van der Waals surface area contributed by atoms with Gasteiger partial charge in [-0.3, -0.25) is 14.7 Å². The molecular formula is C20H38IN5O3. The number of carbonyl (C=O) groups excluding carboxylic acids is 1. The predicted molar refractivity (Wildman–Crippen MR) is 125 cm³/mol. The van der Waals surface area contributed by atoms with E-state index in [9.17, 15) is 4.79 Å². The molecule has 3 saturated heterocycles. The number of rotatable bonds is 5. The number of hydrogen-bond acceptors (Lipinski definition) is 5. The third-order valence-corrected chi connectivity index (χ3v) is 5.88. The van der Waals surface area contributed by atoms with Gasteiger partial charge in [-0.1, -0.05) is 0 Å². The highest BCUT2D eigenvalue weighted by Crippen LogP contribution is 2.18. The first-order valence-corrected chi connectivity index (χ1v) is 10.8. The minimum Gasteiger partial charge on any atom is -0.378 e. The van der Waals surface area contributed by atoms with Gasteiger partial charge in [0.2, 0.25) is 0 Å². The molecule has 3 aliphatic rings. The van der Waals surface area contributed by atoms with Crippen molar-refractivity contribution in [2.24, 2.45) is 4.99 Å². The summed E-state index contributed by atoms with van der Waals surface area (Å²) >= 11 is 0. The van der Waals surface area contributed by atoms with E-state index >= 15 is 0 Å². The SMILES string of the molecule is CCNC(=NCCN1CCOCC1(C)C)N1CCN(C(=O)C2CCCO2)CC1.I. The molecule has 0 aromatic carbocycles. The van der Waals surface area contributed by atoms with E-state index in [4.69, 9.17) is 14.5 Å². The first-order valence-electron chi connectivity index (χ1n) is 10.8. The van der Waals surface area contributed by atoms with Gasteiger partial charge in [-0.25, -0.2) is 0 Å². The summed E-state index contributed by atoms with van der Waals surface area (Å²) in [6, 6.07) is 0. The molecule has 0 saturated carbocycles. The van der Waals surface area contributed by atoms with Gasteiger partial charge in [0.25, 0.3) is 5.91 Å². The standard InChI is InChI=1S/C20H37N5O3.HI/c1-4-21-19(22-7-8-25-13-15-27-16-20(25,2)3)24-11-9-23(10-12-24)18(26)17-6-5-14-28-17;/h17H,4-16H2,1-3H3,(H,21,22);1H. The number of morpholine rings is 1. The number of nitrogens with zero attached hydrogens (tertiary/aromatic N) is 4. The monoisotopic (exact) mass is 523 g/mol. The van der Waals surface area contributed by atoms with Gasteiger partial charge in [0.15, 0.2) is 5.96 Å². The molecule has 0 spiro atoms. The Hall–Kier alpha value is -0.650. The van der Waals surface area contributed by atoms with Crippen LogP contribution in [0.4, 0.5) is 0 Å². The lowest BCUT2D eigenvalue weighted by Gasteiger charge is -2.42. The first kappa shape index (κ1) is 24.6. The van der Waals surface area contributed by atoms with E-state index in [0.717, 1.165) is 84.4 Å². The van der Waals surface area contributed by atoms with Crippen molar-refractivity contribution in [3.05, 3.63) is 0 Å². The van der Waals surface area contributed by atoms with Crippen LogP contribution in [0.15, 0.2) is 4.99 Å². The highest BCUT2D eigenvalue weighted by molar-refractivity contribution is 14.0. The van der Waals surface area contributed by atoms with E-state index in [1.54, 1.807) is 0 Å². The van der Waals surface area contributed by atoms with Gasteiger partial charge < -0.3 is 24.6 Å². The fourth-order valence-corrected chi connectivity index (χ4v) is 4.12. The zero-order chi connectivity index (χ0) is 20.0. The molecule has 1 unspecified atom stereocenters. The van der Waals surface area contributed by atoms with Gasteiger partial charge in [0, 0.05) is 58.0 Å². The molecule has 1 amide bonds. The minimum atomic E-state index is -0.217.